The number of hydrogen-bond acceptors (Lipinski definition) is 11. The van der Waals surface area contributed by atoms with Crippen LogP contribution in [0, 0.1) is 19.8 Å². The third-order valence-corrected chi connectivity index (χ3v) is 11.6. The highest BCUT2D eigenvalue weighted by Crippen LogP contribution is 2.41. The summed E-state index contributed by atoms with van der Waals surface area (Å²) in [4.78, 5) is 54.4. The zero-order chi connectivity index (χ0) is 44.0. The number of carbonyl (C=O) groups excluding carboxylic acids is 4. The number of methoxy groups -OCH3 is 2. The van der Waals surface area contributed by atoms with Gasteiger partial charge in [0.25, 0.3) is 0 Å². The molecular formula is C49H69NO10. The molecule has 2 saturated heterocycles. The molecule has 3 atom stereocenters. The van der Waals surface area contributed by atoms with Crippen molar-refractivity contribution in [2.75, 3.05) is 34.4 Å². The van der Waals surface area contributed by atoms with Crippen LogP contribution < -0.4 is 4.74 Å². The maximum atomic E-state index is 13.5. The Morgan fingerprint density at radius 2 is 1.43 bits per heavy atom. The molecular weight excluding hydrogens is 763 g/mol. The Bertz CT molecular complexity index is 1670. The van der Waals surface area contributed by atoms with Gasteiger partial charge in [-0.2, -0.15) is 4.89 Å². The van der Waals surface area contributed by atoms with Gasteiger partial charge in [-0.05, 0) is 94.2 Å². The van der Waals surface area contributed by atoms with E-state index in [4.69, 9.17) is 28.5 Å². The molecule has 11 nitrogen and oxygen atoms in total. The summed E-state index contributed by atoms with van der Waals surface area (Å²) in [7, 11) is 4.77. The average Bonchev–Trinajstić information content (AvgIpc) is 3.20. The summed E-state index contributed by atoms with van der Waals surface area (Å²) in [5.41, 5.74) is 2.62. The third-order valence-electron chi connectivity index (χ3n) is 11.6. The second-order valence-electron chi connectivity index (χ2n) is 16.3. The van der Waals surface area contributed by atoms with Crippen molar-refractivity contribution in [1.29, 1.82) is 0 Å². The van der Waals surface area contributed by atoms with Crippen molar-refractivity contribution in [3.63, 3.8) is 0 Å². The first kappa shape index (κ1) is 49.9. The molecule has 1 saturated carbocycles. The molecule has 3 aromatic carbocycles. The molecule has 0 radical (unpaired) electrons. The van der Waals surface area contributed by atoms with Gasteiger partial charge in [0, 0.05) is 36.6 Å². The highest BCUT2D eigenvalue weighted by molar-refractivity contribution is 5.74. The lowest BCUT2D eigenvalue weighted by molar-refractivity contribution is -0.240. The molecule has 0 N–H and O–H groups in total. The Morgan fingerprint density at radius 3 is 1.93 bits per heavy atom. The minimum absolute atomic E-state index is 0.0319. The molecule has 3 aromatic rings. The first-order valence-electron chi connectivity index (χ1n) is 21.3. The van der Waals surface area contributed by atoms with E-state index in [0.717, 1.165) is 60.3 Å². The molecule has 3 aliphatic rings. The maximum absolute atomic E-state index is 13.5. The van der Waals surface area contributed by atoms with Crippen molar-refractivity contribution < 1.29 is 47.9 Å². The van der Waals surface area contributed by atoms with E-state index in [1.54, 1.807) is 7.11 Å². The second-order valence-corrected chi connectivity index (χ2v) is 16.3. The monoisotopic (exact) mass is 831 g/mol. The largest absolute Gasteiger partial charge is 0.496 e. The number of esters is 1. The lowest BCUT2D eigenvalue weighted by atomic mass is 9.78. The lowest BCUT2D eigenvalue weighted by Gasteiger charge is -2.40. The van der Waals surface area contributed by atoms with E-state index in [1.807, 2.05) is 102 Å². The summed E-state index contributed by atoms with van der Waals surface area (Å²) in [6.45, 7) is 12.4. The number of piperidine rings is 1. The molecule has 1 aliphatic carbocycles. The molecule has 3 fully saturated rings. The summed E-state index contributed by atoms with van der Waals surface area (Å²) in [6.07, 6.45) is 13.8. The molecule has 11 heteroatoms. The number of fused-ring (bicyclic) bond motifs is 1. The fourth-order valence-corrected chi connectivity index (χ4v) is 8.49. The SMILES string of the molecule is CC=O.COC1CCN2CCCCCCC2C1.COOC=O.COc1cc(C)cc(C)c1C(C)(C)CC(=O)OC(OC(C=O)(c1ccccc1)c1ccccc1)C1CCC1. The molecule has 0 amide bonds. The third kappa shape index (κ3) is 14.6. The number of aryl methyl sites for hydroxylation is 2. The Labute approximate surface area is 358 Å². The fourth-order valence-electron chi connectivity index (χ4n) is 8.49. The number of ether oxygens (including phenoxy) is 4. The van der Waals surface area contributed by atoms with Crippen LogP contribution in [0.3, 0.4) is 0 Å². The topological polar surface area (TPSA) is 127 Å². The minimum atomic E-state index is -1.39. The Balaban J connectivity index is 0.000000356. The van der Waals surface area contributed by atoms with E-state index in [1.165, 1.54) is 72.1 Å². The van der Waals surface area contributed by atoms with Gasteiger partial charge in [-0.3, -0.25) is 14.4 Å². The van der Waals surface area contributed by atoms with E-state index in [2.05, 4.69) is 20.7 Å². The summed E-state index contributed by atoms with van der Waals surface area (Å²) in [5.74, 6) is 0.430. The lowest BCUT2D eigenvalue weighted by Crippen LogP contribution is -2.45. The fraction of sp³-hybridized carbons (Fsp3) is 0.551. The zero-order valence-corrected chi connectivity index (χ0v) is 37.2. The predicted molar refractivity (Wildman–Crippen MR) is 233 cm³/mol. The predicted octanol–water partition coefficient (Wildman–Crippen LogP) is 9.16. The van der Waals surface area contributed by atoms with Gasteiger partial charge < -0.3 is 33.5 Å². The van der Waals surface area contributed by atoms with Gasteiger partial charge in [-0.1, -0.05) is 106 Å². The van der Waals surface area contributed by atoms with Crippen LogP contribution in [0.15, 0.2) is 72.8 Å². The number of rotatable bonds is 14. The van der Waals surface area contributed by atoms with Gasteiger partial charge in [-0.15, -0.1) is 0 Å². The van der Waals surface area contributed by atoms with Crippen molar-refractivity contribution in [2.24, 2.45) is 5.92 Å². The van der Waals surface area contributed by atoms with E-state index >= 15 is 0 Å². The molecule has 0 spiro atoms. The minimum Gasteiger partial charge on any atom is -0.496 e. The summed E-state index contributed by atoms with van der Waals surface area (Å²) in [6, 6.07) is 23.7. The number of benzene rings is 3. The van der Waals surface area contributed by atoms with Crippen LogP contribution in [0.5, 0.6) is 5.75 Å². The van der Waals surface area contributed by atoms with Gasteiger partial charge in [0.1, 0.15) is 12.0 Å². The van der Waals surface area contributed by atoms with Crippen LogP contribution in [0.25, 0.3) is 0 Å². The molecule has 60 heavy (non-hydrogen) atoms. The number of carbonyl (C=O) groups is 4. The second kappa shape index (κ2) is 26.0. The Hall–Kier alpha value is -4.42. The van der Waals surface area contributed by atoms with Crippen LogP contribution in [-0.4, -0.2) is 82.8 Å². The molecule has 2 heterocycles. The number of aldehydes is 2. The Morgan fingerprint density at radius 1 is 0.817 bits per heavy atom. The van der Waals surface area contributed by atoms with Crippen molar-refractivity contribution in [3.8, 4) is 5.75 Å². The highest BCUT2D eigenvalue weighted by atomic mass is 17.2. The van der Waals surface area contributed by atoms with E-state index in [-0.39, 0.29) is 24.8 Å². The summed E-state index contributed by atoms with van der Waals surface area (Å²) >= 11 is 0. The number of hydrogen-bond donors (Lipinski definition) is 0. The summed E-state index contributed by atoms with van der Waals surface area (Å²) in [5, 5.41) is 0. The smallest absolute Gasteiger partial charge is 0.330 e. The maximum Gasteiger partial charge on any atom is 0.330 e. The van der Waals surface area contributed by atoms with Crippen molar-refractivity contribution in [3.05, 3.63) is 101 Å². The van der Waals surface area contributed by atoms with Crippen LogP contribution in [-0.2, 0) is 54.2 Å². The van der Waals surface area contributed by atoms with Crippen LogP contribution in [0.4, 0.5) is 0 Å². The van der Waals surface area contributed by atoms with Gasteiger partial charge >= 0.3 is 12.4 Å². The van der Waals surface area contributed by atoms with E-state index < -0.39 is 17.3 Å². The first-order chi connectivity index (χ1) is 28.9. The Kier molecular flexibility index (Phi) is 21.7. The number of nitrogens with zero attached hydrogens (tertiary/aromatic N) is 1. The van der Waals surface area contributed by atoms with Crippen LogP contribution >= 0.6 is 0 Å². The molecule has 0 aromatic heterocycles. The zero-order valence-electron chi connectivity index (χ0n) is 37.2. The standard InChI is InChI=1S/C33H38O5.C12H23NO.C2H4O3.C2H4O/c1-23-19-24(2)30(28(20-23)36-5)32(3,4)21-29(35)37-31(25-13-12-14-25)38-33(22-34,26-15-8-6-9-16-26)27-17-10-7-11-18-27;1-14-12-7-9-13-8-5-3-2-4-6-11(13)10-12;1-4-5-2-3;1-2-3/h6-11,15-20,22,25,31H,12-14,21H2,1-5H3;11-12H,2-10H2,1H3;2H,1H3;2H,1H3. The van der Waals surface area contributed by atoms with E-state index in [0.29, 0.717) is 17.2 Å². The highest BCUT2D eigenvalue weighted by Gasteiger charge is 2.43. The van der Waals surface area contributed by atoms with Crippen molar-refractivity contribution >= 4 is 25.0 Å². The molecule has 0 bridgehead atoms. The molecule has 330 valence electrons. The molecule has 6 rings (SSSR count). The van der Waals surface area contributed by atoms with Gasteiger partial charge in [0.15, 0.2) is 11.9 Å². The van der Waals surface area contributed by atoms with Gasteiger partial charge in [-0.25, -0.2) is 0 Å². The van der Waals surface area contributed by atoms with Gasteiger partial charge in [0.2, 0.25) is 6.29 Å². The van der Waals surface area contributed by atoms with Gasteiger partial charge in [0.05, 0.1) is 26.7 Å². The summed E-state index contributed by atoms with van der Waals surface area (Å²) < 4.78 is 23.9. The van der Waals surface area contributed by atoms with E-state index in [9.17, 15) is 9.59 Å². The normalized spacial score (nSPS) is 18.5. The van der Waals surface area contributed by atoms with Crippen LogP contribution in [0.1, 0.15) is 119 Å². The molecule has 3 unspecified atom stereocenters. The quantitative estimate of drug-likeness (QED) is 0.0508. The van der Waals surface area contributed by atoms with Crippen molar-refractivity contribution in [1.82, 2.24) is 4.90 Å². The molecule has 2 aliphatic heterocycles. The average molecular weight is 832 g/mol. The van der Waals surface area contributed by atoms with Crippen LogP contribution in [0.2, 0.25) is 0 Å². The first-order valence-corrected chi connectivity index (χ1v) is 21.3. The van der Waals surface area contributed by atoms with Crippen molar-refractivity contribution in [2.45, 2.75) is 135 Å².